The maximum absolute atomic E-state index is 3.40. The first-order valence-corrected chi connectivity index (χ1v) is 6.11. The lowest BCUT2D eigenvalue weighted by molar-refractivity contribution is 0.600. The molecule has 0 heteroatoms. The Kier molecular flexibility index (Phi) is 4.22. The topological polar surface area (TPSA) is 0 Å². The summed E-state index contributed by atoms with van der Waals surface area (Å²) in [7, 11) is 0. The van der Waals surface area contributed by atoms with Crippen molar-refractivity contribution in [3.8, 4) is 0 Å². The highest BCUT2D eigenvalue weighted by Gasteiger charge is 2.02. The summed E-state index contributed by atoms with van der Waals surface area (Å²) < 4.78 is 0. The lowest BCUT2D eigenvalue weighted by Crippen LogP contribution is -1.91. The van der Waals surface area contributed by atoms with Crippen LogP contribution in [0.25, 0.3) is 6.08 Å². The third-order valence-electron chi connectivity index (χ3n) is 2.93. The van der Waals surface area contributed by atoms with E-state index in [1.165, 1.54) is 43.2 Å². The molecule has 0 bridgehead atoms. The third-order valence-corrected chi connectivity index (χ3v) is 2.93. The van der Waals surface area contributed by atoms with Crippen molar-refractivity contribution < 1.29 is 0 Å². The molecule has 82 valence electrons. The van der Waals surface area contributed by atoms with Crippen LogP contribution in [0.5, 0.6) is 0 Å². The Morgan fingerprint density at radius 2 is 1.69 bits per heavy atom. The lowest BCUT2D eigenvalue weighted by Gasteiger charge is -2.09. The van der Waals surface area contributed by atoms with Crippen molar-refractivity contribution in [3.63, 3.8) is 0 Å². The minimum atomic E-state index is 1.24. The second-order valence-corrected chi connectivity index (χ2v) is 4.25. The van der Waals surface area contributed by atoms with Crippen molar-refractivity contribution in [2.45, 2.75) is 32.1 Å². The summed E-state index contributed by atoms with van der Waals surface area (Å²) >= 11 is 0. The number of rotatable bonds is 2. The van der Waals surface area contributed by atoms with Gasteiger partial charge in [-0.3, -0.25) is 0 Å². The van der Waals surface area contributed by atoms with Gasteiger partial charge in [-0.15, -0.1) is 5.73 Å². The summed E-state index contributed by atoms with van der Waals surface area (Å²) in [5.41, 5.74) is 6.13. The van der Waals surface area contributed by atoms with E-state index in [0.29, 0.717) is 0 Å². The van der Waals surface area contributed by atoms with E-state index >= 15 is 0 Å². The second-order valence-electron chi connectivity index (χ2n) is 4.25. The minimum Gasteiger partial charge on any atom is -0.122 e. The van der Waals surface area contributed by atoms with Gasteiger partial charge in [0.2, 0.25) is 0 Å². The molecule has 0 nitrogen and oxygen atoms in total. The molecule has 1 aromatic carbocycles. The van der Waals surface area contributed by atoms with E-state index in [9.17, 15) is 0 Å². The molecule has 0 aliphatic heterocycles. The van der Waals surface area contributed by atoms with Gasteiger partial charge in [0.1, 0.15) is 0 Å². The van der Waals surface area contributed by atoms with E-state index in [-0.39, 0.29) is 0 Å². The zero-order chi connectivity index (χ0) is 11.1. The molecule has 0 amide bonds. The fourth-order valence-corrected chi connectivity index (χ4v) is 2.01. The number of hydrogen-bond acceptors (Lipinski definition) is 0. The monoisotopic (exact) mass is 210 g/mol. The van der Waals surface area contributed by atoms with Crippen molar-refractivity contribution >= 4 is 6.08 Å². The largest absolute Gasteiger partial charge is 0.122 e. The molecule has 1 aliphatic carbocycles. The van der Waals surface area contributed by atoms with Crippen LogP contribution in [0.1, 0.15) is 37.7 Å². The molecule has 1 aromatic rings. The van der Waals surface area contributed by atoms with Crippen LogP contribution in [0.15, 0.2) is 53.8 Å². The van der Waals surface area contributed by atoms with E-state index in [0.717, 1.165) is 0 Å². The Morgan fingerprint density at radius 3 is 2.44 bits per heavy atom. The van der Waals surface area contributed by atoms with Crippen LogP contribution in [0.4, 0.5) is 0 Å². The van der Waals surface area contributed by atoms with Crippen LogP contribution in [-0.2, 0) is 0 Å². The van der Waals surface area contributed by atoms with E-state index in [1.54, 1.807) is 0 Å². The molecule has 0 spiro atoms. The Labute approximate surface area is 98.0 Å². The van der Waals surface area contributed by atoms with Gasteiger partial charge in [-0.2, -0.15) is 0 Å². The van der Waals surface area contributed by atoms with Crippen molar-refractivity contribution in [1.82, 2.24) is 0 Å². The quantitative estimate of drug-likeness (QED) is 0.488. The van der Waals surface area contributed by atoms with E-state index in [1.807, 2.05) is 12.1 Å². The Hall–Kier alpha value is -1.52. The van der Waals surface area contributed by atoms with Gasteiger partial charge in [-0.25, -0.2) is 0 Å². The number of benzene rings is 1. The fraction of sp³-hybridized carbons (Fsp3) is 0.312. The first-order valence-electron chi connectivity index (χ1n) is 6.11. The Balaban J connectivity index is 1.95. The van der Waals surface area contributed by atoms with Crippen molar-refractivity contribution in [3.05, 3.63) is 59.4 Å². The second kappa shape index (κ2) is 6.15. The van der Waals surface area contributed by atoms with Gasteiger partial charge in [-0.1, -0.05) is 48.9 Å². The van der Waals surface area contributed by atoms with Gasteiger partial charge >= 0.3 is 0 Å². The third kappa shape index (κ3) is 3.56. The van der Waals surface area contributed by atoms with Crippen LogP contribution in [0.3, 0.4) is 0 Å². The number of hydrogen-bond donors (Lipinski definition) is 0. The highest BCUT2D eigenvalue weighted by Crippen LogP contribution is 2.21. The lowest BCUT2D eigenvalue weighted by atomic mass is 9.96. The number of allylic oxidation sites excluding steroid dienone is 2. The summed E-state index contributed by atoms with van der Waals surface area (Å²) in [6.07, 6.45) is 12.8. The van der Waals surface area contributed by atoms with E-state index < -0.39 is 0 Å². The molecule has 0 atom stereocenters. The predicted molar refractivity (Wildman–Crippen MR) is 70.2 cm³/mol. The average Bonchev–Trinajstić information content (AvgIpc) is 2.37. The molecular weight excluding hydrogens is 192 g/mol. The summed E-state index contributed by atoms with van der Waals surface area (Å²) in [5, 5.41) is 0. The van der Waals surface area contributed by atoms with Crippen molar-refractivity contribution in [2.75, 3.05) is 0 Å². The molecule has 1 aliphatic rings. The summed E-state index contributed by atoms with van der Waals surface area (Å²) in [6, 6.07) is 10.4. The molecule has 1 saturated carbocycles. The van der Waals surface area contributed by atoms with E-state index in [2.05, 4.69) is 42.1 Å². The van der Waals surface area contributed by atoms with Crippen LogP contribution in [0, 0.1) is 0 Å². The van der Waals surface area contributed by atoms with Gasteiger partial charge in [0, 0.05) is 0 Å². The zero-order valence-corrected chi connectivity index (χ0v) is 9.65. The Bertz CT molecular complexity index is 395. The highest BCUT2D eigenvalue weighted by molar-refractivity contribution is 5.50. The minimum absolute atomic E-state index is 1.24. The SMILES string of the molecule is C(=C/C=C/c1ccccc1)=C1CCCCC1. The molecule has 0 N–H and O–H groups in total. The molecule has 16 heavy (non-hydrogen) atoms. The molecule has 1 fully saturated rings. The van der Waals surface area contributed by atoms with Crippen molar-refractivity contribution in [2.24, 2.45) is 0 Å². The first kappa shape index (κ1) is 11.0. The maximum Gasteiger partial charge on any atom is -0.0200 e. The van der Waals surface area contributed by atoms with Crippen molar-refractivity contribution in [1.29, 1.82) is 0 Å². The highest BCUT2D eigenvalue weighted by atomic mass is 14.1. The van der Waals surface area contributed by atoms with Gasteiger partial charge < -0.3 is 0 Å². The molecule has 2 rings (SSSR count). The standard InChI is InChI=1S/C16H18/c1-3-9-15(10-4-1)13-7-8-14-16-11-5-2-6-12-16/h1,3-4,7-10,13H,2,5-6,11-12H2/b13-7+. The zero-order valence-electron chi connectivity index (χ0n) is 9.65. The van der Waals surface area contributed by atoms with Crippen LogP contribution in [-0.4, -0.2) is 0 Å². The smallest absolute Gasteiger partial charge is 0.0200 e. The molecule has 0 heterocycles. The van der Waals surface area contributed by atoms with Gasteiger partial charge in [-0.05, 0) is 42.9 Å². The van der Waals surface area contributed by atoms with Crippen LogP contribution < -0.4 is 0 Å². The summed E-state index contributed by atoms with van der Waals surface area (Å²) in [6.45, 7) is 0. The predicted octanol–water partition coefficient (Wildman–Crippen LogP) is 4.75. The van der Waals surface area contributed by atoms with E-state index in [4.69, 9.17) is 0 Å². The molecule has 0 saturated heterocycles. The fourth-order valence-electron chi connectivity index (χ4n) is 2.01. The molecule has 0 radical (unpaired) electrons. The van der Waals surface area contributed by atoms with Crippen LogP contribution >= 0.6 is 0 Å². The molecule has 0 aromatic heterocycles. The molecular formula is C16H18. The van der Waals surface area contributed by atoms with Gasteiger partial charge in [0.05, 0.1) is 0 Å². The summed E-state index contributed by atoms with van der Waals surface area (Å²) in [5.74, 6) is 0. The maximum atomic E-state index is 3.40. The molecule has 0 unspecified atom stereocenters. The normalized spacial score (nSPS) is 16.1. The van der Waals surface area contributed by atoms with Crippen LogP contribution in [0.2, 0.25) is 0 Å². The average molecular weight is 210 g/mol. The summed E-state index contributed by atoms with van der Waals surface area (Å²) in [4.78, 5) is 0. The first-order chi connectivity index (χ1) is 7.95. The van der Waals surface area contributed by atoms with Gasteiger partial charge in [0.15, 0.2) is 0 Å². The van der Waals surface area contributed by atoms with Gasteiger partial charge in [0.25, 0.3) is 0 Å². The Morgan fingerprint density at radius 1 is 0.938 bits per heavy atom.